The number of pyridine rings is 1. The summed E-state index contributed by atoms with van der Waals surface area (Å²) in [6, 6.07) is 8.70. The molecule has 0 unspecified atom stereocenters. The summed E-state index contributed by atoms with van der Waals surface area (Å²) < 4.78 is 5.09. The van der Waals surface area contributed by atoms with Crippen molar-refractivity contribution in [3.63, 3.8) is 0 Å². The van der Waals surface area contributed by atoms with Crippen LogP contribution in [0.4, 0.5) is 0 Å². The van der Waals surface area contributed by atoms with Gasteiger partial charge in [-0.05, 0) is 49.1 Å². The first-order chi connectivity index (χ1) is 15.0. The monoisotopic (exact) mass is 420 g/mol. The lowest BCUT2D eigenvalue weighted by atomic mass is 9.94. The highest BCUT2D eigenvalue weighted by molar-refractivity contribution is 5.94. The number of aliphatic hydroxyl groups excluding tert-OH is 1. The minimum absolute atomic E-state index is 0.0447. The number of aromatic nitrogens is 1. The van der Waals surface area contributed by atoms with Gasteiger partial charge in [-0.15, -0.1) is 0 Å². The van der Waals surface area contributed by atoms with Crippen molar-refractivity contribution in [3.8, 4) is 6.07 Å². The van der Waals surface area contributed by atoms with E-state index in [9.17, 15) is 14.7 Å². The second-order valence-corrected chi connectivity index (χ2v) is 7.99. The topological polar surface area (TPSA) is 116 Å². The van der Waals surface area contributed by atoms with Gasteiger partial charge in [0.2, 0.25) is 0 Å². The fourth-order valence-corrected chi connectivity index (χ4v) is 4.19. The summed E-state index contributed by atoms with van der Waals surface area (Å²) >= 11 is 0. The smallest absolute Gasteiger partial charge is 0.338 e. The number of nitriles is 1. The number of nitrogens with one attached hydrogen (secondary N) is 1. The summed E-state index contributed by atoms with van der Waals surface area (Å²) in [5, 5.41) is 22.6. The van der Waals surface area contributed by atoms with E-state index in [2.05, 4.69) is 15.2 Å². The van der Waals surface area contributed by atoms with Gasteiger partial charge in [0, 0.05) is 37.4 Å². The summed E-state index contributed by atoms with van der Waals surface area (Å²) in [4.78, 5) is 30.3. The van der Waals surface area contributed by atoms with Crippen molar-refractivity contribution in [2.75, 3.05) is 19.6 Å². The van der Waals surface area contributed by atoms with Gasteiger partial charge in [0.1, 0.15) is 18.4 Å². The SMILES string of the molecule is Cc1c([C@@H](O)CN2CCC(NC(=O)c3ccc(C#N)cn3)CC2)ccc2c1COC2=O. The third-order valence-electron chi connectivity index (χ3n) is 6.05. The number of hydrogen-bond acceptors (Lipinski definition) is 7. The molecular formula is C23H24N4O4. The molecule has 1 aromatic carbocycles. The van der Waals surface area contributed by atoms with Gasteiger partial charge in [-0.2, -0.15) is 5.26 Å². The molecule has 2 N–H and O–H groups in total. The van der Waals surface area contributed by atoms with Gasteiger partial charge < -0.3 is 20.1 Å². The molecule has 8 nitrogen and oxygen atoms in total. The van der Waals surface area contributed by atoms with Gasteiger partial charge in [-0.1, -0.05) is 6.07 Å². The second-order valence-electron chi connectivity index (χ2n) is 7.99. The highest BCUT2D eigenvalue weighted by Crippen LogP contribution is 2.29. The van der Waals surface area contributed by atoms with Crippen LogP contribution in [0.25, 0.3) is 0 Å². The Morgan fingerprint density at radius 1 is 1.35 bits per heavy atom. The molecule has 3 heterocycles. The zero-order chi connectivity index (χ0) is 22.0. The van der Waals surface area contributed by atoms with Gasteiger partial charge in [-0.3, -0.25) is 4.79 Å². The van der Waals surface area contributed by atoms with E-state index in [-0.39, 0.29) is 24.5 Å². The normalized spacial score (nSPS) is 17.5. The van der Waals surface area contributed by atoms with E-state index in [1.54, 1.807) is 18.2 Å². The number of carbonyl (C=O) groups excluding carboxylic acids is 2. The maximum absolute atomic E-state index is 12.4. The highest BCUT2D eigenvalue weighted by atomic mass is 16.5. The number of rotatable bonds is 5. The Balaban J connectivity index is 1.30. The molecule has 0 aliphatic carbocycles. The van der Waals surface area contributed by atoms with Gasteiger partial charge >= 0.3 is 5.97 Å². The molecule has 1 amide bonds. The molecular weight excluding hydrogens is 396 g/mol. The highest BCUT2D eigenvalue weighted by Gasteiger charge is 2.27. The Bertz CT molecular complexity index is 1040. The Kier molecular flexibility index (Phi) is 5.98. The molecule has 1 aromatic heterocycles. The van der Waals surface area contributed by atoms with Crippen LogP contribution in [0.15, 0.2) is 30.5 Å². The number of cyclic esters (lactones) is 1. The zero-order valence-corrected chi connectivity index (χ0v) is 17.3. The minimum atomic E-state index is -0.657. The number of aliphatic hydroxyl groups is 1. The van der Waals surface area contributed by atoms with Crippen LogP contribution in [0, 0.1) is 18.3 Å². The number of piperidine rings is 1. The lowest BCUT2D eigenvalue weighted by molar-refractivity contribution is 0.0534. The molecule has 2 aliphatic heterocycles. The third kappa shape index (κ3) is 4.43. The van der Waals surface area contributed by atoms with Gasteiger partial charge in [0.05, 0.1) is 17.2 Å². The zero-order valence-electron chi connectivity index (χ0n) is 17.3. The first kappa shape index (κ1) is 21.0. The fraction of sp³-hybridized carbons (Fsp3) is 0.391. The van der Waals surface area contributed by atoms with E-state index >= 15 is 0 Å². The first-order valence-electron chi connectivity index (χ1n) is 10.3. The Hall–Kier alpha value is -3.28. The standard InChI is InChI=1S/C23H24N4O4/c1-14-17(3-4-18-19(14)13-31-23(18)30)21(28)12-27-8-6-16(7-9-27)26-22(29)20-5-2-15(10-24)11-25-20/h2-5,11,16,21,28H,6-9,12-13H2,1H3,(H,26,29)/t21-/m0/s1. The van der Waals surface area contributed by atoms with Crippen LogP contribution >= 0.6 is 0 Å². The Labute approximate surface area is 180 Å². The summed E-state index contributed by atoms with van der Waals surface area (Å²) in [5.41, 5.74) is 3.89. The maximum Gasteiger partial charge on any atom is 0.338 e. The van der Waals surface area contributed by atoms with Crippen molar-refractivity contribution in [2.45, 2.75) is 38.5 Å². The van der Waals surface area contributed by atoms with Crippen LogP contribution in [0.5, 0.6) is 0 Å². The average molecular weight is 420 g/mol. The number of benzene rings is 1. The number of carbonyl (C=O) groups is 2. The first-order valence-corrected chi connectivity index (χ1v) is 10.3. The van der Waals surface area contributed by atoms with E-state index in [0.29, 0.717) is 23.4 Å². The van der Waals surface area contributed by atoms with Gasteiger partial charge in [0.25, 0.3) is 5.91 Å². The number of β-amino-alcohol motifs (C(OH)–C–C–N with tert-alkyl or cyclic N) is 1. The summed E-state index contributed by atoms with van der Waals surface area (Å²) in [5.74, 6) is -0.548. The summed E-state index contributed by atoms with van der Waals surface area (Å²) in [6.45, 7) is 4.19. The number of esters is 1. The van der Waals surface area contributed by atoms with Crippen LogP contribution in [0.3, 0.4) is 0 Å². The number of likely N-dealkylation sites (tertiary alicyclic amines) is 1. The molecule has 0 bridgehead atoms. The van der Waals surface area contributed by atoms with E-state index in [1.807, 2.05) is 19.1 Å². The average Bonchev–Trinajstić information content (AvgIpc) is 3.17. The summed E-state index contributed by atoms with van der Waals surface area (Å²) in [7, 11) is 0. The van der Waals surface area contributed by atoms with Crippen LogP contribution in [0.2, 0.25) is 0 Å². The molecule has 0 spiro atoms. The lowest BCUT2D eigenvalue weighted by Gasteiger charge is -2.33. The van der Waals surface area contributed by atoms with Crippen LogP contribution in [0.1, 0.15) is 62.0 Å². The predicted molar refractivity (Wildman–Crippen MR) is 111 cm³/mol. The molecule has 1 fully saturated rings. The van der Waals surface area contributed by atoms with E-state index in [4.69, 9.17) is 10.00 Å². The Morgan fingerprint density at radius 3 is 2.81 bits per heavy atom. The van der Waals surface area contributed by atoms with Crippen LogP contribution in [-0.2, 0) is 11.3 Å². The van der Waals surface area contributed by atoms with Crippen LogP contribution < -0.4 is 5.32 Å². The number of amides is 1. The van der Waals surface area contributed by atoms with Crippen molar-refractivity contribution in [1.29, 1.82) is 5.26 Å². The number of fused-ring (bicyclic) bond motifs is 1. The molecule has 2 aliphatic rings. The molecule has 1 saturated heterocycles. The van der Waals surface area contributed by atoms with Gasteiger partial charge in [-0.25, -0.2) is 9.78 Å². The summed E-state index contributed by atoms with van der Waals surface area (Å²) in [6.07, 6.45) is 2.29. The molecule has 0 radical (unpaired) electrons. The quantitative estimate of drug-likeness (QED) is 0.710. The third-order valence-corrected chi connectivity index (χ3v) is 6.05. The van der Waals surface area contributed by atoms with Crippen molar-refractivity contribution in [2.24, 2.45) is 0 Å². The molecule has 160 valence electrons. The number of ether oxygens (including phenoxy) is 1. The molecule has 2 aromatic rings. The molecule has 8 heteroatoms. The fourth-order valence-electron chi connectivity index (χ4n) is 4.19. The van der Waals surface area contributed by atoms with Gasteiger partial charge in [0.15, 0.2) is 0 Å². The maximum atomic E-state index is 12.4. The minimum Gasteiger partial charge on any atom is -0.457 e. The van der Waals surface area contributed by atoms with Crippen LogP contribution in [-0.4, -0.2) is 52.5 Å². The predicted octanol–water partition coefficient (Wildman–Crippen LogP) is 1.86. The van der Waals surface area contributed by atoms with E-state index in [0.717, 1.165) is 42.6 Å². The molecule has 4 rings (SSSR count). The van der Waals surface area contributed by atoms with Crippen molar-refractivity contribution >= 4 is 11.9 Å². The van der Waals surface area contributed by atoms with E-state index in [1.165, 1.54) is 6.20 Å². The number of nitrogens with zero attached hydrogens (tertiary/aromatic N) is 3. The molecule has 0 saturated carbocycles. The molecule has 1 atom stereocenters. The van der Waals surface area contributed by atoms with Crippen molar-refractivity contribution < 1.29 is 19.4 Å². The van der Waals surface area contributed by atoms with Crippen molar-refractivity contribution in [1.82, 2.24) is 15.2 Å². The molecule has 31 heavy (non-hydrogen) atoms. The second kappa shape index (κ2) is 8.84. The van der Waals surface area contributed by atoms with Crippen molar-refractivity contribution in [3.05, 3.63) is 64.0 Å². The van der Waals surface area contributed by atoms with E-state index < -0.39 is 6.10 Å². The lowest BCUT2D eigenvalue weighted by Crippen LogP contribution is -2.45. The number of hydrogen-bond donors (Lipinski definition) is 2. The largest absolute Gasteiger partial charge is 0.457 e. The Morgan fingerprint density at radius 2 is 2.13 bits per heavy atom.